The second-order valence-corrected chi connectivity index (χ2v) is 11.3. The lowest BCUT2D eigenvalue weighted by Crippen LogP contribution is -2.32. The molecule has 0 fully saturated rings. The van der Waals surface area contributed by atoms with Gasteiger partial charge in [0, 0.05) is 27.8 Å². The molecule has 1 aliphatic heterocycles. The standard InChI is InChI=1S/C41H26N2O/c1-4-13-27(14-5-1)35-26-36(28-15-6-2-7-16-28)43-40(42-35)29-23-24-37-34(25-29)41(30-17-8-3-9-18-30)33-21-11-10-19-31(33)32-20-12-22-38(44-37)39(32)41/h1-26H. The summed E-state index contributed by atoms with van der Waals surface area (Å²) in [7, 11) is 0. The maximum Gasteiger partial charge on any atom is 0.160 e. The molecule has 3 heteroatoms. The molecule has 2 aliphatic rings. The summed E-state index contributed by atoms with van der Waals surface area (Å²) in [6.45, 7) is 0. The van der Waals surface area contributed by atoms with E-state index in [-0.39, 0.29) is 0 Å². The second-order valence-electron chi connectivity index (χ2n) is 11.3. The third-order valence-electron chi connectivity index (χ3n) is 8.96. The van der Waals surface area contributed by atoms with Gasteiger partial charge in [-0.3, -0.25) is 0 Å². The van der Waals surface area contributed by atoms with E-state index in [1.54, 1.807) is 0 Å². The SMILES string of the molecule is c1ccc(-c2cc(-c3ccccc3)nc(-c3ccc4c(c3)C3(c5ccccc5)c5ccccc5-c5cccc(c53)O4)n2)cc1. The van der Waals surface area contributed by atoms with Gasteiger partial charge in [0.1, 0.15) is 11.5 Å². The second kappa shape index (κ2) is 9.62. The predicted octanol–water partition coefficient (Wildman–Crippen LogP) is 9.95. The molecular weight excluding hydrogens is 536 g/mol. The molecule has 44 heavy (non-hydrogen) atoms. The van der Waals surface area contributed by atoms with Crippen LogP contribution in [0.2, 0.25) is 0 Å². The number of ether oxygens (including phenoxy) is 1. The maximum atomic E-state index is 6.68. The van der Waals surface area contributed by atoms with Crippen molar-refractivity contribution in [2.75, 3.05) is 0 Å². The third kappa shape index (κ3) is 3.56. The molecule has 2 heterocycles. The molecule has 0 bridgehead atoms. The monoisotopic (exact) mass is 562 g/mol. The first-order chi connectivity index (χ1) is 21.8. The lowest BCUT2D eigenvalue weighted by molar-refractivity contribution is 0.438. The van der Waals surface area contributed by atoms with E-state index in [1.807, 2.05) is 36.4 Å². The number of aromatic nitrogens is 2. The molecule has 9 rings (SSSR count). The minimum atomic E-state index is -0.535. The lowest BCUT2D eigenvalue weighted by Gasteiger charge is -2.39. The Morgan fingerprint density at radius 3 is 1.75 bits per heavy atom. The minimum Gasteiger partial charge on any atom is -0.457 e. The van der Waals surface area contributed by atoms with E-state index < -0.39 is 5.41 Å². The van der Waals surface area contributed by atoms with Gasteiger partial charge in [-0.25, -0.2) is 9.97 Å². The molecule has 7 aromatic rings. The van der Waals surface area contributed by atoms with Crippen molar-refractivity contribution in [2.24, 2.45) is 0 Å². The van der Waals surface area contributed by atoms with E-state index in [0.717, 1.165) is 45.1 Å². The van der Waals surface area contributed by atoms with Gasteiger partial charge >= 0.3 is 0 Å². The fraction of sp³-hybridized carbons (Fsp3) is 0.0244. The van der Waals surface area contributed by atoms with Crippen LogP contribution in [0.4, 0.5) is 0 Å². The van der Waals surface area contributed by atoms with Crippen LogP contribution in [0.3, 0.4) is 0 Å². The van der Waals surface area contributed by atoms with E-state index in [2.05, 4.69) is 121 Å². The largest absolute Gasteiger partial charge is 0.457 e. The lowest BCUT2D eigenvalue weighted by atomic mass is 9.66. The number of benzene rings is 6. The molecule has 206 valence electrons. The van der Waals surface area contributed by atoms with Crippen molar-refractivity contribution >= 4 is 0 Å². The van der Waals surface area contributed by atoms with Crippen molar-refractivity contribution in [1.29, 1.82) is 0 Å². The van der Waals surface area contributed by atoms with Crippen molar-refractivity contribution in [2.45, 2.75) is 5.41 Å². The Bertz CT molecular complexity index is 2140. The van der Waals surface area contributed by atoms with Crippen LogP contribution < -0.4 is 4.74 Å². The van der Waals surface area contributed by atoms with Crippen LogP contribution >= 0.6 is 0 Å². The Balaban J connectivity index is 1.33. The van der Waals surface area contributed by atoms with Crippen molar-refractivity contribution in [3.05, 3.63) is 180 Å². The number of rotatable bonds is 4. The molecule has 0 saturated heterocycles. The summed E-state index contributed by atoms with van der Waals surface area (Å²) in [5, 5.41) is 0. The molecule has 0 N–H and O–H groups in total. The summed E-state index contributed by atoms with van der Waals surface area (Å²) >= 11 is 0. The van der Waals surface area contributed by atoms with Crippen molar-refractivity contribution in [1.82, 2.24) is 9.97 Å². The smallest absolute Gasteiger partial charge is 0.160 e. The van der Waals surface area contributed by atoms with Gasteiger partial charge in [0.15, 0.2) is 5.82 Å². The number of nitrogens with zero attached hydrogens (tertiary/aromatic N) is 2. The quantitative estimate of drug-likeness (QED) is 0.214. The number of hydrogen-bond acceptors (Lipinski definition) is 3. The van der Waals surface area contributed by atoms with Crippen molar-refractivity contribution < 1.29 is 4.74 Å². The Kier molecular flexibility index (Phi) is 5.41. The van der Waals surface area contributed by atoms with Gasteiger partial charge in [-0.1, -0.05) is 127 Å². The summed E-state index contributed by atoms with van der Waals surface area (Å²) in [5.41, 5.74) is 11.5. The number of fused-ring (bicyclic) bond motifs is 5. The molecule has 1 unspecified atom stereocenters. The van der Waals surface area contributed by atoms with Crippen LogP contribution in [-0.2, 0) is 5.41 Å². The highest BCUT2D eigenvalue weighted by Crippen LogP contribution is 2.63. The van der Waals surface area contributed by atoms with Crippen molar-refractivity contribution in [3.63, 3.8) is 0 Å². The average Bonchev–Trinajstić information content (AvgIpc) is 3.42. The van der Waals surface area contributed by atoms with Gasteiger partial charge in [-0.05, 0) is 52.6 Å². The first kappa shape index (κ1) is 24.8. The van der Waals surface area contributed by atoms with Gasteiger partial charge in [0.2, 0.25) is 0 Å². The van der Waals surface area contributed by atoms with E-state index in [4.69, 9.17) is 14.7 Å². The first-order valence-corrected chi connectivity index (χ1v) is 14.9. The zero-order valence-electron chi connectivity index (χ0n) is 23.8. The topological polar surface area (TPSA) is 35.0 Å². The van der Waals surface area contributed by atoms with Gasteiger partial charge < -0.3 is 4.74 Å². The molecule has 3 nitrogen and oxygen atoms in total. The highest BCUT2D eigenvalue weighted by molar-refractivity contribution is 5.90. The molecule has 1 aliphatic carbocycles. The Morgan fingerprint density at radius 1 is 0.432 bits per heavy atom. The first-order valence-electron chi connectivity index (χ1n) is 14.9. The maximum absolute atomic E-state index is 6.68. The van der Waals surface area contributed by atoms with Crippen molar-refractivity contribution in [3.8, 4) is 56.5 Å². The summed E-state index contributed by atoms with van der Waals surface area (Å²) in [5.74, 6) is 2.43. The summed E-state index contributed by atoms with van der Waals surface area (Å²) in [6, 6.07) is 55.2. The fourth-order valence-corrected chi connectivity index (χ4v) is 7.09. The van der Waals surface area contributed by atoms with Gasteiger partial charge in [0.05, 0.1) is 16.8 Å². The minimum absolute atomic E-state index is 0.535. The van der Waals surface area contributed by atoms with E-state index in [1.165, 1.54) is 27.8 Å². The molecule has 0 saturated carbocycles. The molecular formula is C41H26N2O. The highest BCUT2D eigenvalue weighted by atomic mass is 16.5. The summed E-state index contributed by atoms with van der Waals surface area (Å²) in [6.07, 6.45) is 0. The van der Waals surface area contributed by atoms with Crippen LogP contribution in [0.15, 0.2) is 158 Å². The van der Waals surface area contributed by atoms with Gasteiger partial charge in [-0.2, -0.15) is 0 Å². The van der Waals surface area contributed by atoms with E-state index >= 15 is 0 Å². The molecule has 6 aromatic carbocycles. The number of hydrogen-bond donors (Lipinski definition) is 0. The van der Waals surface area contributed by atoms with E-state index in [9.17, 15) is 0 Å². The van der Waals surface area contributed by atoms with Gasteiger partial charge in [0.25, 0.3) is 0 Å². The molecule has 1 atom stereocenters. The predicted molar refractivity (Wildman–Crippen MR) is 176 cm³/mol. The van der Waals surface area contributed by atoms with Crippen LogP contribution in [0.1, 0.15) is 22.3 Å². The zero-order valence-corrected chi connectivity index (χ0v) is 23.8. The summed E-state index contributed by atoms with van der Waals surface area (Å²) < 4.78 is 6.68. The normalized spacial score (nSPS) is 15.5. The summed E-state index contributed by atoms with van der Waals surface area (Å²) in [4.78, 5) is 10.3. The average molecular weight is 563 g/mol. The molecule has 1 aromatic heterocycles. The van der Waals surface area contributed by atoms with Crippen LogP contribution in [0, 0.1) is 0 Å². The Labute approximate surface area is 256 Å². The Hall–Kier alpha value is -5.80. The van der Waals surface area contributed by atoms with Crippen LogP contribution in [-0.4, -0.2) is 9.97 Å². The molecule has 0 amide bonds. The van der Waals surface area contributed by atoms with E-state index in [0.29, 0.717) is 5.82 Å². The fourth-order valence-electron chi connectivity index (χ4n) is 7.09. The molecule has 0 spiro atoms. The highest BCUT2D eigenvalue weighted by Gasteiger charge is 2.51. The van der Waals surface area contributed by atoms with Gasteiger partial charge in [-0.15, -0.1) is 0 Å². The third-order valence-corrected chi connectivity index (χ3v) is 8.96. The Morgan fingerprint density at radius 2 is 1.05 bits per heavy atom. The molecule has 0 radical (unpaired) electrons. The zero-order chi connectivity index (χ0) is 29.1. The van der Waals surface area contributed by atoms with Crippen LogP contribution in [0.25, 0.3) is 45.0 Å². The van der Waals surface area contributed by atoms with Crippen LogP contribution in [0.5, 0.6) is 11.5 Å².